The Balaban J connectivity index is 1.63. The monoisotopic (exact) mass is 491 g/mol. The molecule has 0 radical (unpaired) electrons. The smallest absolute Gasteiger partial charge is 0.148 e. The highest BCUT2D eigenvalue weighted by Crippen LogP contribution is 2.35. The van der Waals surface area contributed by atoms with Crippen molar-refractivity contribution in [3.05, 3.63) is 92.1 Å². The van der Waals surface area contributed by atoms with Gasteiger partial charge in [-0.1, -0.05) is 31.2 Å². The molecule has 0 fully saturated rings. The lowest BCUT2D eigenvalue weighted by molar-refractivity contribution is 0.302. The first-order valence-corrected chi connectivity index (χ1v) is 10.3. The third-order valence-corrected chi connectivity index (χ3v) is 5.39. The Hall–Kier alpha value is -1.85. The second kappa shape index (κ2) is 9.38. The summed E-state index contributed by atoms with van der Waals surface area (Å²) in [5.41, 5.74) is 4.46. The number of nitrogens with one attached hydrogen (secondary N) is 1. The largest absolute Gasteiger partial charge is 0.487 e. The Morgan fingerprint density at radius 3 is 2.04 bits per heavy atom. The second-order valence-corrected chi connectivity index (χ2v) is 7.92. The zero-order valence-corrected chi connectivity index (χ0v) is 18.1. The van der Waals surface area contributed by atoms with Crippen LogP contribution in [0.2, 0.25) is 0 Å². The van der Waals surface area contributed by atoms with Crippen molar-refractivity contribution in [2.24, 2.45) is 0 Å². The zero-order chi connectivity index (χ0) is 19.2. The SMILES string of the molecule is CCc1ccc(NCc2cc(Br)c(OCc3ccc(F)cc3)c(Br)c2)cc1. The lowest BCUT2D eigenvalue weighted by atomic mass is 10.1. The number of halogens is 3. The third kappa shape index (κ3) is 5.56. The fraction of sp³-hybridized carbons (Fsp3) is 0.182. The van der Waals surface area contributed by atoms with E-state index < -0.39 is 0 Å². The fourth-order valence-corrected chi connectivity index (χ4v) is 4.16. The molecular weight excluding hydrogens is 473 g/mol. The van der Waals surface area contributed by atoms with Crippen LogP contribution in [0.1, 0.15) is 23.6 Å². The molecule has 3 aromatic rings. The summed E-state index contributed by atoms with van der Waals surface area (Å²) in [4.78, 5) is 0. The van der Waals surface area contributed by atoms with Crippen molar-refractivity contribution in [2.45, 2.75) is 26.5 Å². The summed E-state index contributed by atoms with van der Waals surface area (Å²) in [5.74, 6) is 0.484. The topological polar surface area (TPSA) is 21.3 Å². The van der Waals surface area contributed by atoms with Crippen LogP contribution in [0.25, 0.3) is 0 Å². The summed E-state index contributed by atoms with van der Waals surface area (Å²) in [6.45, 7) is 3.23. The minimum absolute atomic E-state index is 0.248. The van der Waals surface area contributed by atoms with E-state index in [1.165, 1.54) is 17.7 Å². The van der Waals surface area contributed by atoms with E-state index in [-0.39, 0.29) is 5.82 Å². The van der Waals surface area contributed by atoms with Gasteiger partial charge in [-0.3, -0.25) is 0 Å². The summed E-state index contributed by atoms with van der Waals surface area (Å²) in [6, 6.07) is 18.9. The number of ether oxygens (including phenoxy) is 1. The van der Waals surface area contributed by atoms with Crippen molar-refractivity contribution < 1.29 is 9.13 Å². The van der Waals surface area contributed by atoms with Crippen molar-refractivity contribution in [1.82, 2.24) is 0 Å². The van der Waals surface area contributed by atoms with E-state index in [1.807, 2.05) is 12.1 Å². The van der Waals surface area contributed by atoms with Gasteiger partial charge in [0.1, 0.15) is 18.2 Å². The summed E-state index contributed by atoms with van der Waals surface area (Å²) in [6.07, 6.45) is 1.04. The van der Waals surface area contributed by atoms with Gasteiger partial charge in [0.25, 0.3) is 0 Å². The Morgan fingerprint density at radius 2 is 1.44 bits per heavy atom. The Labute approximate surface area is 176 Å². The van der Waals surface area contributed by atoms with Gasteiger partial charge in [-0.05, 0) is 91.4 Å². The van der Waals surface area contributed by atoms with Crippen LogP contribution >= 0.6 is 31.9 Å². The van der Waals surface area contributed by atoms with Crippen molar-refractivity contribution in [3.63, 3.8) is 0 Å². The molecule has 0 saturated carbocycles. The minimum atomic E-state index is -0.248. The summed E-state index contributed by atoms with van der Waals surface area (Å²) >= 11 is 7.17. The van der Waals surface area contributed by atoms with Gasteiger partial charge in [0.05, 0.1) is 8.95 Å². The van der Waals surface area contributed by atoms with E-state index in [9.17, 15) is 4.39 Å². The Kier molecular flexibility index (Phi) is 6.91. The van der Waals surface area contributed by atoms with Gasteiger partial charge >= 0.3 is 0 Å². The number of benzene rings is 3. The molecule has 0 amide bonds. The quantitative estimate of drug-likeness (QED) is 0.379. The molecule has 3 aromatic carbocycles. The average molecular weight is 493 g/mol. The Morgan fingerprint density at radius 1 is 0.852 bits per heavy atom. The maximum atomic E-state index is 13.0. The van der Waals surface area contributed by atoms with Crippen LogP contribution in [0.3, 0.4) is 0 Å². The van der Waals surface area contributed by atoms with Gasteiger partial charge in [0.2, 0.25) is 0 Å². The molecule has 0 saturated heterocycles. The molecular formula is C22H20Br2FNO. The first-order chi connectivity index (χ1) is 13.0. The molecule has 5 heteroatoms. The maximum absolute atomic E-state index is 13.0. The molecule has 0 aliphatic rings. The third-order valence-electron chi connectivity index (χ3n) is 4.21. The second-order valence-electron chi connectivity index (χ2n) is 6.21. The predicted molar refractivity (Wildman–Crippen MR) is 116 cm³/mol. The van der Waals surface area contributed by atoms with Crippen LogP contribution in [-0.2, 0) is 19.6 Å². The van der Waals surface area contributed by atoms with E-state index in [1.54, 1.807) is 12.1 Å². The van der Waals surface area contributed by atoms with Gasteiger partial charge in [0.15, 0.2) is 0 Å². The normalized spacial score (nSPS) is 10.7. The summed E-state index contributed by atoms with van der Waals surface area (Å²) < 4.78 is 20.6. The zero-order valence-electron chi connectivity index (χ0n) is 14.9. The van der Waals surface area contributed by atoms with Gasteiger partial charge in [-0.25, -0.2) is 4.39 Å². The lowest BCUT2D eigenvalue weighted by Gasteiger charge is -2.13. The van der Waals surface area contributed by atoms with E-state index in [0.717, 1.165) is 37.9 Å². The standard InChI is InChI=1S/C22H20Br2FNO/c1-2-15-5-9-19(10-6-15)26-13-17-11-20(23)22(21(24)12-17)27-14-16-3-7-18(25)8-4-16/h3-12,26H,2,13-14H2,1H3. The van der Waals surface area contributed by atoms with Gasteiger partial charge in [0, 0.05) is 12.2 Å². The molecule has 3 rings (SSSR count). The van der Waals surface area contributed by atoms with Crippen LogP contribution in [0.15, 0.2) is 69.6 Å². The molecule has 0 aromatic heterocycles. The van der Waals surface area contributed by atoms with E-state index >= 15 is 0 Å². The molecule has 0 atom stereocenters. The molecule has 0 aliphatic heterocycles. The maximum Gasteiger partial charge on any atom is 0.148 e. The highest BCUT2D eigenvalue weighted by molar-refractivity contribution is 9.11. The molecule has 0 spiro atoms. The highest BCUT2D eigenvalue weighted by atomic mass is 79.9. The number of rotatable bonds is 7. The van der Waals surface area contributed by atoms with Crippen LogP contribution < -0.4 is 10.1 Å². The lowest BCUT2D eigenvalue weighted by Crippen LogP contribution is -2.01. The number of anilines is 1. The average Bonchev–Trinajstić information content (AvgIpc) is 2.67. The fourth-order valence-electron chi connectivity index (χ4n) is 2.65. The van der Waals surface area contributed by atoms with Gasteiger partial charge in [-0.15, -0.1) is 0 Å². The number of hydrogen-bond acceptors (Lipinski definition) is 2. The summed E-state index contributed by atoms with van der Waals surface area (Å²) in [5, 5.41) is 3.43. The van der Waals surface area contributed by atoms with Crippen molar-refractivity contribution in [3.8, 4) is 5.75 Å². The predicted octanol–water partition coefficient (Wildman–Crippen LogP) is 7.10. The van der Waals surface area contributed by atoms with Gasteiger partial charge in [-0.2, -0.15) is 0 Å². The Bertz CT molecular complexity index is 872. The van der Waals surface area contributed by atoms with Crippen molar-refractivity contribution >= 4 is 37.5 Å². The molecule has 0 aliphatic carbocycles. The number of hydrogen-bond donors (Lipinski definition) is 1. The van der Waals surface area contributed by atoms with E-state index in [2.05, 4.69) is 68.4 Å². The first-order valence-electron chi connectivity index (χ1n) is 8.73. The molecule has 140 valence electrons. The van der Waals surface area contributed by atoms with Crippen LogP contribution in [0, 0.1) is 5.82 Å². The van der Waals surface area contributed by atoms with Crippen molar-refractivity contribution in [2.75, 3.05) is 5.32 Å². The number of aryl methyl sites for hydroxylation is 1. The highest BCUT2D eigenvalue weighted by Gasteiger charge is 2.10. The molecule has 0 bridgehead atoms. The molecule has 2 nitrogen and oxygen atoms in total. The van der Waals surface area contributed by atoms with Crippen LogP contribution in [0.4, 0.5) is 10.1 Å². The van der Waals surface area contributed by atoms with Crippen LogP contribution in [0.5, 0.6) is 5.75 Å². The van der Waals surface area contributed by atoms with Crippen molar-refractivity contribution in [1.29, 1.82) is 0 Å². The van der Waals surface area contributed by atoms with Gasteiger partial charge < -0.3 is 10.1 Å². The molecule has 0 heterocycles. The molecule has 0 unspecified atom stereocenters. The molecule has 1 N–H and O–H groups in total. The van der Waals surface area contributed by atoms with Crippen LogP contribution in [-0.4, -0.2) is 0 Å². The van der Waals surface area contributed by atoms with E-state index in [4.69, 9.17) is 4.74 Å². The minimum Gasteiger partial charge on any atom is -0.487 e. The first kappa shape index (κ1) is 19.9. The summed E-state index contributed by atoms with van der Waals surface area (Å²) in [7, 11) is 0. The molecule has 27 heavy (non-hydrogen) atoms. The van der Waals surface area contributed by atoms with E-state index in [0.29, 0.717) is 13.2 Å².